The molecule has 8 heteroatoms. The highest BCUT2D eigenvalue weighted by Crippen LogP contribution is 2.23. The van der Waals surface area contributed by atoms with E-state index in [0.29, 0.717) is 35.7 Å². The molecule has 2 aromatic heterocycles. The Hall–Kier alpha value is -2.54. The summed E-state index contributed by atoms with van der Waals surface area (Å²) in [6, 6.07) is 5.86. The predicted octanol–water partition coefficient (Wildman–Crippen LogP) is 2.37. The number of hydrogen-bond donors (Lipinski definition) is 1. The van der Waals surface area contributed by atoms with Gasteiger partial charge < -0.3 is 4.98 Å². The van der Waals surface area contributed by atoms with E-state index in [1.54, 1.807) is 23.9 Å². The van der Waals surface area contributed by atoms with Gasteiger partial charge in [-0.05, 0) is 25.1 Å². The fraction of sp³-hybridized carbons (Fsp3) is 0.200. The van der Waals surface area contributed by atoms with Crippen LogP contribution in [0.4, 0.5) is 4.39 Å². The Morgan fingerprint density at radius 1 is 1.35 bits per heavy atom. The molecule has 23 heavy (non-hydrogen) atoms. The summed E-state index contributed by atoms with van der Waals surface area (Å²) in [4.78, 5) is 18.3. The van der Waals surface area contributed by atoms with Crippen LogP contribution in [0.1, 0.15) is 11.5 Å². The normalized spacial score (nSPS) is 10.9. The molecule has 0 radical (unpaired) electrons. The van der Waals surface area contributed by atoms with Crippen molar-refractivity contribution in [3.63, 3.8) is 0 Å². The van der Waals surface area contributed by atoms with Crippen molar-refractivity contribution >= 4 is 11.6 Å². The highest BCUT2D eigenvalue weighted by atomic mass is 35.5. The summed E-state index contributed by atoms with van der Waals surface area (Å²) in [5.41, 5.74) is 1.80. The second kappa shape index (κ2) is 6.29. The van der Waals surface area contributed by atoms with Crippen molar-refractivity contribution in [3.8, 4) is 11.3 Å². The number of nitrogens with one attached hydrogen (secondary N) is 1. The summed E-state index contributed by atoms with van der Waals surface area (Å²) in [5, 5.41) is 8.11. The molecule has 0 amide bonds. The van der Waals surface area contributed by atoms with Crippen LogP contribution < -0.4 is 5.56 Å². The number of aromatic nitrogens is 5. The van der Waals surface area contributed by atoms with E-state index in [1.165, 1.54) is 18.2 Å². The molecule has 0 fully saturated rings. The standard InChI is InChI=1S/C15H13ClFN5O/c1-9-18-11(7-15(23)19-9)4-5-22-8-14(20-21-22)10-2-3-13(17)12(16)6-10/h2-3,6-8H,4-5H2,1H3,(H,18,19,23). The number of aryl methyl sites for hydroxylation is 3. The monoisotopic (exact) mass is 333 g/mol. The molecule has 118 valence electrons. The van der Waals surface area contributed by atoms with E-state index in [2.05, 4.69) is 20.3 Å². The van der Waals surface area contributed by atoms with Crippen LogP contribution in [0.2, 0.25) is 5.02 Å². The van der Waals surface area contributed by atoms with Gasteiger partial charge in [0.25, 0.3) is 5.56 Å². The zero-order valence-corrected chi connectivity index (χ0v) is 13.0. The topological polar surface area (TPSA) is 76.5 Å². The summed E-state index contributed by atoms with van der Waals surface area (Å²) < 4.78 is 14.8. The molecule has 0 aliphatic rings. The number of H-pyrrole nitrogens is 1. The van der Waals surface area contributed by atoms with Crippen molar-refractivity contribution in [3.05, 3.63) is 63.2 Å². The van der Waals surface area contributed by atoms with Gasteiger partial charge in [0.1, 0.15) is 17.3 Å². The molecule has 1 aromatic carbocycles. The lowest BCUT2D eigenvalue weighted by Gasteiger charge is -2.01. The molecule has 0 atom stereocenters. The molecular formula is C15H13ClFN5O. The maximum Gasteiger partial charge on any atom is 0.251 e. The molecule has 6 nitrogen and oxygen atoms in total. The van der Waals surface area contributed by atoms with Gasteiger partial charge >= 0.3 is 0 Å². The van der Waals surface area contributed by atoms with E-state index in [-0.39, 0.29) is 10.6 Å². The van der Waals surface area contributed by atoms with Crippen LogP contribution in [0.15, 0.2) is 35.3 Å². The van der Waals surface area contributed by atoms with Gasteiger partial charge in [0.2, 0.25) is 0 Å². The van der Waals surface area contributed by atoms with Crippen molar-refractivity contribution in [2.45, 2.75) is 19.9 Å². The second-order valence-electron chi connectivity index (χ2n) is 5.07. The highest BCUT2D eigenvalue weighted by molar-refractivity contribution is 6.31. The van der Waals surface area contributed by atoms with Crippen LogP contribution in [-0.2, 0) is 13.0 Å². The quantitative estimate of drug-likeness (QED) is 0.795. The second-order valence-corrected chi connectivity index (χ2v) is 5.48. The van der Waals surface area contributed by atoms with Gasteiger partial charge in [-0.2, -0.15) is 0 Å². The first-order chi connectivity index (χ1) is 11.0. The van der Waals surface area contributed by atoms with Gasteiger partial charge in [0.15, 0.2) is 0 Å². The average molecular weight is 334 g/mol. The van der Waals surface area contributed by atoms with E-state index in [1.807, 2.05) is 0 Å². The first kappa shape index (κ1) is 15.4. The Bertz CT molecular complexity index is 905. The Kier molecular flexibility index (Phi) is 4.20. The van der Waals surface area contributed by atoms with E-state index in [0.717, 1.165) is 0 Å². The van der Waals surface area contributed by atoms with E-state index in [9.17, 15) is 9.18 Å². The predicted molar refractivity (Wildman–Crippen MR) is 83.7 cm³/mol. The molecule has 2 heterocycles. The number of nitrogens with zero attached hydrogens (tertiary/aromatic N) is 4. The molecule has 0 aliphatic heterocycles. The van der Waals surface area contributed by atoms with Crippen LogP contribution in [0, 0.1) is 12.7 Å². The Morgan fingerprint density at radius 3 is 2.91 bits per heavy atom. The lowest BCUT2D eigenvalue weighted by atomic mass is 10.2. The van der Waals surface area contributed by atoms with Crippen molar-refractivity contribution in [1.29, 1.82) is 0 Å². The highest BCUT2D eigenvalue weighted by Gasteiger charge is 2.08. The van der Waals surface area contributed by atoms with E-state index in [4.69, 9.17) is 11.6 Å². The lowest BCUT2D eigenvalue weighted by molar-refractivity contribution is 0.582. The Balaban J connectivity index is 1.74. The van der Waals surface area contributed by atoms with Gasteiger partial charge in [0, 0.05) is 30.3 Å². The number of benzene rings is 1. The Labute approximate surface area is 136 Å². The first-order valence-electron chi connectivity index (χ1n) is 6.93. The van der Waals surface area contributed by atoms with Crippen molar-refractivity contribution < 1.29 is 4.39 Å². The Morgan fingerprint density at radius 2 is 2.17 bits per heavy atom. The van der Waals surface area contributed by atoms with E-state index >= 15 is 0 Å². The van der Waals surface area contributed by atoms with Crippen LogP contribution in [-0.4, -0.2) is 25.0 Å². The van der Waals surface area contributed by atoms with Gasteiger partial charge in [-0.3, -0.25) is 9.48 Å². The zero-order valence-electron chi connectivity index (χ0n) is 12.3. The summed E-state index contributed by atoms with van der Waals surface area (Å²) in [6.07, 6.45) is 2.29. The van der Waals surface area contributed by atoms with Crippen LogP contribution in [0.3, 0.4) is 0 Å². The molecule has 0 saturated heterocycles. The first-order valence-corrected chi connectivity index (χ1v) is 7.31. The molecule has 0 saturated carbocycles. The third-order valence-corrected chi connectivity index (χ3v) is 3.55. The maximum atomic E-state index is 13.2. The smallest absolute Gasteiger partial charge is 0.251 e. The molecule has 0 aliphatic carbocycles. The van der Waals surface area contributed by atoms with Crippen molar-refractivity contribution in [2.75, 3.05) is 0 Å². The average Bonchev–Trinajstić information content (AvgIpc) is 2.96. The van der Waals surface area contributed by atoms with Gasteiger partial charge in [-0.25, -0.2) is 9.37 Å². The fourth-order valence-corrected chi connectivity index (χ4v) is 2.37. The molecule has 1 N–H and O–H groups in total. The van der Waals surface area contributed by atoms with Gasteiger partial charge in [0.05, 0.1) is 11.2 Å². The summed E-state index contributed by atoms with van der Waals surface area (Å²) in [5.74, 6) is 0.103. The van der Waals surface area contributed by atoms with Gasteiger partial charge in [-0.15, -0.1) is 5.10 Å². The molecule has 0 spiro atoms. The summed E-state index contributed by atoms with van der Waals surface area (Å²) in [6.45, 7) is 2.26. The number of halogens is 2. The molecule has 3 rings (SSSR count). The van der Waals surface area contributed by atoms with Gasteiger partial charge in [-0.1, -0.05) is 16.8 Å². The molecule has 0 unspecified atom stereocenters. The minimum Gasteiger partial charge on any atom is -0.311 e. The zero-order chi connectivity index (χ0) is 16.4. The summed E-state index contributed by atoms with van der Waals surface area (Å²) >= 11 is 5.77. The van der Waals surface area contributed by atoms with Crippen LogP contribution in [0.25, 0.3) is 11.3 Å². The number of rotatable bonds is 4. The third-order valence-electron chi connectivity index (χ3n) is 3.26. The van der Waals surface area contributed by atoms with Crippen molar-refractivity contribution in [2.24, 2.45) is 0 Å². The molecule has 3 aromatic rings. The van der Waals surface area contributed by atoms with Crippen molar-refractivity contribution in [1.82, 2.24) is 25.0 Å². The number of hydrogen-bond acceptors (Lipinski definition) is 4. The SMILES string of the molecule is Cc1nc(CCn2cc(-c3ccc(F)c(Cl)c3)nn2)cc(=O)[nH]1. The van der Waals surface area contributed by atoms with E-state index < -0.39 is 5.82 Å². The molecule has 0 bridgehead atoms. The molecular weight excluding hydrogens is 321 g/mol. The minimum absolute atomic E-state index is 0.0419. The largest absolute Gasteiger partial charge is 0.311 e. The summed E-state index contributed by atoms with van der Waals surface area (Å²) in [7, 11) is 0. The third kappa shape index (κ3) is 3.62. The van der Waals surface area contributed by atoms with Crippen LogP contribution >= 0.6 is 11.6 Å². The minimum atomic E-state index is -0.474. The fourth-order valence-electron chi connectivity index (χ4n) is 2.19. The van der Waals surface area contributed by atoms with Crippen LogP contribution in [0.5, 0.6) is 0 Å². The maximum absolute atomic E-state index is 13.2. The number of aromatic amines is 1. The lowest BCUT2D eigenvalue weighted by Crippen LogP contribution is -2.12.